The van der Waals surface area contributed by atoms with Gasteiger partial charge >= 0.3 is 5.97 Å². The van der Waals surface area contributed by atoms with E-state index in [1.807, 2.05) is 19.1 Å². The van der Waals surface area contributed by atoms with Crippen LogP contribution in [0.3, 0.4) is 0 Å². The number of benzene rings is 1. The van der Waals surface area contributed by atoms with Crippen molar-refractivity contribution in [1.82, 2.24) is 25.4 Å². The quantitative estimate of drug-likeness (QED) is 0.663. The molecule has 0 amide bonds. The molecule has 0 bridgehead atoms. The summed E-state index contributed by atoms with van der Waals surface area (Å²) in [6.45, 7) is 5.79. The van der Waals surface area contributed by atoms with Crippen LogP contribution in [-0.4, -0.2) is 37.4 Å². The van der Waals surface area contributed by atoms with Crippen molar-refractivity contribution < 1.29 is 14.1 Å². The maximum absolute atomic E-state index is 12.0. The molecule has 2 aromatic heterocycles. The SMILES string of the molecule is Cc1cc(Cn2nnc(-c3cccc(C(=O)OC(C)C)c3)n2)no1. The predicted octanol–water partition coefficient (Wildman–Crippen LogP) is 2.25. The first-order chi connectivity index (χ1) is 11.5. The summed E-state index contributed by atoms with van der Waals surface area (Å²) in [5.41, 5.74) is 1.85. The molecule has 124 valence electrons. The third-order valence-corrected chi connectivity index (χ3v) is 3.13. The van der Waals surface area contributed by atoms with Crippen LogP contribution in [0, 0.1) is 6.92 Å². The van der Waals surface area contributed by atoms with Crippen molar-refractivity contribution in [3.63, 3.8) is 0 Å². The molecule has 3 aromatic rings. The minimum atomic E-state index is -0.377. The van der Waals surface area contributed by atoms with E-state index in [2.05, 4.69) is 20.6 Å². The number of esters is 1. The Morgan fingerprint density at radius 2 is 2.17 bits per heavy atom. The van der Waals surface area contributed by atoms with Crippen molar-refractivity contribution in [2.45, 2.75) is 33.4 Å². The van der Waals surface area contributed by atoms with Crippen molar-refractivity contribution >= 4 is 5.97 Å². The molecule has 2 heterocycles. The van der Waals surface area contributed by atoms with Crippen LogP contribution >= 0.6 is 0 Å². The third kappa shape index (κ3) is 3.65. The highest BCUT2D eigenvalue weighted by Gasteiger charge is 2.13. The lowest BCUT2D eigenvalue weighted by Gasteiger charge is -2.08. The Bertz CT molecular complexity index is 853. The van der Waals surface area contributed by atoms with Gasteiger partial charge in [0.15, 0.2) is 0 Å². The zero-order chi connectivity index (χ0) is 17.1. The van der Waals surface area contributed by atoms with E-state index in [0.717, 1.165) is 5.76 Å². The van der Waals surface area contributed by atoms with Gasteiger partial charge in [0, 0.05) is 11.6 Å². The fourth-order valence-corrected chi connectivity index (χ4v) is 2.13. The molecule has 0 aliphatic rings. The summed E-state index contributed by atoms with van der Waals surface area (Å²) in [5, 5.41) is 16.2. The van der Waals surface area contributed by atoms with Gasteiger partial charge in [0.1, 0.15) is 18.0 Å². The smallest absolute Gasteiger partial charge is 0.338 e. The number of nitrogens with zero attached hydrogens (tertiary/aromatic N) is 5. The van der Waals surface area contributed by atoms with Crippen LogP contribution in [0.15, 0.2) is 34.9 Å². The van der Waals surface area contributed by atoms with Gasteiger partial charge in [-0.2, -0.15) is 4.80 Å². The molecule has 0 atom stereocenters. The van der Waals surface area contributed by atoms with Crippen LogP contribution < -0.4 is 0 Å². The van der Waals surface area contributed by atoms with Crippen LogP contribution in [0.5, 0.6) is 0 Å². The average molecular weight is 327 g/mol. The molecular weight excluding hydrogens is 310 g/mol. The first kappa shape index (κ1) is 15.9. The van der Waals surface area contributed by atoms with Crippen molar-refractivity contribution in [2.75, 3.05) is 0 Å². The number of aromatic nitrogens is 5. The zero-order valence-electron chi connectivity index (χ0n) is 13.6. The average Bonchev–Trinajstić information content (AvgIpc) is 3.16. The topological polar surface area (TPSA) is 95.9 Å². The highest BCUT2D eigenvalue weighted by Crippen LogP contribution is 2.17. The number of carbonyl (C=O) groups is 1. The molecule has 0 saturated heterocycles. The molecule has 1 aromatic carbocycles. The Hall–Kier alpha value is -3.03. The molecule has 8 heteroatoms. The van der Waals surface area contributed by atoms with Crippen molar-refractivity contribution in [3.8, 4) is 11.4 Å². The predicted molar refractivity (Wildman–Crippen MR) is 84.1 cm³/mol. The molecule has 0 radical (unpaired) electrons. The number of hydrogen-bond donors (Lipinski definition) is 0. The van der Waals surface area contributed by atoms with Gasteiger partial charge in [-0.3, -0.25) is 0 Å². The van der Waals surface area contributed by atoms with Crippen molar-refractivity contribution in [3.05, 3.63) is 47.3 Å². The lowest BCUT2D eigenvalue weighted by molar-refractivity contribution is 0.0378. The minimum Gasteiger partial charge on any atom is -0.459 e. The molecule has 8 nitrogen and oxygen atoms in total. The Labute approximate surface area is 138 Å². The number of hydrogen-bond acceptors (Lipinski definition) is 7. The van der Waals surface area contributed by atoms with Gasteiger partial charge in [-0.05, 0) is 38.1 Å². The fourth-order valence-electron chi connectivity index (χ4n) is 2.13. The van der Waals surface area contributed by atoms with E-state index in [4.69, 9.17) is 9.26 Å². The number of ether oxygens (including phenoxy) is 1. The number of aryl methyl sites for hydroxylation is 1. The van der Waals surface area contributed by atoms with Gasteiger partial charge in [-0.1, -0.05) is 17.3 Å². The second-order valence-corrected chi connectivity index (χ2v) is 5.61. The third-order valence-electron chi connectivity index (χ3n) is 3.13. The Kier molecular flexibility index (Phi) is 4.37. The molecule has 0 spiro atoms. The Morgan fingerprint density at radius 3 is 2.88 bits per heavy atom. The van der Waals surface area contributed by atoms with Gasteiger partial charge in [-0.15, -0.1) is 10.2 Å². The number of rotatable bonds is 5. The lowest BCUT2D eigenvalue weighted by atomic mass is 10.1. The standard InChI is InChI=1S/C16H17N5O3/c1-10(2)23-16(22)13-6-4-5-12(8-13)15-17-20-21(18-15)9-14-7-11(3)24-19-14/h4-8,10H,9H2,1-3H3. The van der Waals surface area contributed by atoms with E-state index in [-0.39, 0.29) is 12.1 Å². The maximum Gasteiger partial charge on any atom is 0.338 e. The van der Waals surface area contributed by atoms with E-state index in [1.54, 1.807) is 32.0 Å². The van der Waals surface area contributed by atoms with Gasteiger partial charge in [0.2, 0.25) is 5.82 Å². The molecule has 0 fully saturated rings. The summed E-state index contributed by atoms with van der Waals surface area (Å²) in [4.78, 5) is 13.4. The first-order valence-electron chi connectivity index (χ1n) is 7.52. The van der Waals surface area contributed by atoms with Crippen molar-refractivity contribution in [2.24, 2.45) is 0 Å². The van der Waals surface area contributed by atoms with E-state index in [9.17, 15) is 4.79 Å². The summed E-state index contributed by atoms with van der Waals surface area (Å²) in [5.74, 6) is 0.772. The molecule has 0 N–H and O–H groups in total. The highest BCUT2D eigenvalue weighted by molar-refractivity contribution is 5.90. The van der Waals surface area contributed by atoms with Crippen LogP contribution in [0.25, 0.3) is 11.4 Å². The molecule has 0 saturated carbocycles. The normalized spacial score (nSPS) is 11.0. The Morgan fingerprint density at radius 1 is 1.33 bits per heavy atom. The van der Waals surface area contributed by atoms with Gasteiger partial charge in [0.05, 0.1) is 11.7 Å². The summed E-state index contributed by atoms with van der Waals surface area (Å²) in [6.07, 6.45) is -0.175. The van der Waals surface area contributed by atoms with Crippen LogP contribution in [0.1, 0.15) is 35.7 Å². The largest absolute Gasteiger partial charge is 0.459 e. The molecule has 0 unspecified atom stereocenters. The minimum absolute atomic E-state index is 0.175. The summed E-state index contributed by atoms with van der Waals surface area (Å²) in [7, 11) is 0. The Balaban J connectivity index is 1.78. The van der Waals surface area contributed by atoms with Gasteiger partial charge in [-0.25, -0.2) is 4.79 Å². The highest BCUT2D eigenvalue weighted by atomic mass is 16.5. The van der Waals surface area contributed by atoms with E-state index >= 15 is 0 Å². The number of tetrazole rings is 1. The summed E-state index contributed by atoms with van der Waals surface area (Å²) in [6, 6.07) is 8.76. The molecule has 0 aliphatic heterocycles. The first-order valence-corrected chi connectivity index (χ1v) is 7.52. The van der Waals surface area contributed by atoms with Crippen molar-refractivity contribution in [1.29, 1.82) is 0 Å². The monoisotopic (exact) mass is 327 g/mol. The van der Waals surface area contributed by atoms with Crippen LogP contribution in [0.4, 0.5) is 0 Å². The van der Waals surface area contributed by atoms with E-state index in [1.165, 1.54) is 4.80 Å². The summed E-state index contributed by atoms with van der Waals surface area (Å²) >= 11 is 0. The van der Waals surface area contributed by atoms with Gasteiger partial charge in [0.25, 0.3) is 0 Å². The second kappa shape index (κ2) is 6.61. The molecule has 24 heavy (non-hydrogen) atoms. The maximum atomic E-state index is 12.0. The van der Waals surface area contributed by atoms with E-state index < -0.39 is 0 Å². The van der Waals surface area contributed by atoms with Crippen LogP contribution in [0.2, 0.25) is 0 Å². The molecule has 3 rings (SSSR count). The van der Waals surface area contributed by atoms with Gasteiger partial charge < -0.3 is 9.26 Å². The molecular formula is C16H17N5O3. The fraction of sp³-hybridized carbons (Fsp3) is 0.312. The van der Waals surface area contributed by atoms with E-state index in [0.29, 0.717) is 29.2 Å². The molecule has 0 aliphatic carbocycles. The number of carbonyl (C=O) groups excluding carboxylic acids is 1. The summed E-state index contributed by atoms with van der Waals surface area (Å²) < 4.78 is 10.2. The van der Waals surface area contributed by atoms with Crippen LogP contribution in [-0.2, 0) is 11.3 Å². The second-order valence-electron chi connectivity index (χ2n) is 5.61. The zero-order valence-corrected chi connectivity index (χ0v) is 13.6. The lowest BCUT2D eigenvalue weighted by Crippen LogP contribution is -2.11.